The fourth-order valence-corrected chi connectivity index (χ4v) is 6.23. The molecular formula is C37H41N3O5S. The van der Waals surface area contributed by atoms with Crippen molar-refractivity contribution < 1.29 is 24.2 Å². The minimum atomic E-state index is -0.605. The summed E-state index contributed by atoms with van der Waals surface area (Å²) in [5.41, 5.74) is 10.4. The Morgan fingerprint density at radius 2 is 1.50 bits per heavy atom. The Kier molecular flexibility index (Phi) is 12.2. The maximum atomic E-state index is 12.7. The third-order valence-electron chi connectivity index (χ3n) is 7.78. The number of nitrogens with one attached hydrogen (secondary N) is 2. The highest BCUT2D eigenvalue weighted by Gasteiger charge is 2.32. The van der Waals surface area contributed by atoms with Crippen molar-refractivity contribution >= 4 is 40.6 Å². The maximum absolute atomic E-state index is 12.7. The number of anilines is 3. The second-order valence-corrected chi connectivity index (χ2v) is 12.4. The van der Waals surface area contributed by atoms with Gasteiger partial charge in [-0.2, -0.15) is 0 Å². The molecule has 0 radical (unpaired) electrons. The number of aliphatic hydroxyl groups excluding tert-OH is 1. The number of para-hydroxylation sites is 2. The highest BCUT2D eigenvalue weighted by atomic mass is 32.2. The number of ether oxygens (including phenoxy) is 2. The van der Waals surface area contributed by atoms with Crippen LogP contribution >= 0.6 is 11.8 Å². The number of thioether (sulfide) groups is 1. The number of nitrogens with two attached hydrogens (primary N) is 1. The molecule has 240 valence electrons. The lowest BCUT2D eigenvalue weighted by atomic mass is 10.0. The van der Waals surface area contributed by atoms with Crippen LogP contribution in [0, 0.1) is 0 Å². The Morgan fingerprint density at radius 3 is 2.24 bits per heavy atom. The second kappa shape index (κ2) is 17.0. The average molecular weight is 640 g/mol. The van der Waals surface area contributed by atoms with Gasteiger partial charge >= 0.3 is 0 Å². The molecular weight excluding hydrogens is 598 g/mol. The van der Waals surface area contributed by atoms with E-state index >= 15 is 0 Å². The Hall–Kier alpha value is -4.15. The molecule has 0 aromatic heterocycles. The quantitative estimate of drug-likeness (QED) is 0.0636. The number of amides is 2. The van der Waals surface area contributed by atoms with E-state index < -0.39 is 6.29 Å². The summed E-state index contributed by atoms with van der Waals surface area (Å²) >= 11 is 1.75. The molecule has 4 aromatic carbocycles. The first-order valence-electron chi connectivity index (χ1n) is 15.7. The lowest BCUT2D eigenvalue weighted by Gasteiger charge is -2.36. The third-order valence-corrected chi connectivity index (χ3v) is 8.92. The molecule has 1 aliphatic rings. The maximum Gasteiger partial charge on any atom is 0.224 e. The molecule has 0 bridgehead atoms. The van der Waals surface area contributed by atoms with Crippen LogP contribution in [0.25, 0.3) is 0 Å². The normalized spacial score (nSPS) is 17.7. The van der Waals surface area contributed by atoms with Gasteiger partial charge in [0.2, 0.25) is 11.8 Å². The summed E-state index contributed by atoms with van der Waals surface area (Å²) in [6.45, 7) is -0.00572. The van der Waals surface area contributed by atoms with Crippen molar-refractivity contribution in [1.82, 2.24) is 0 Å². The molecule has 5 N–H and O–H groups in total. The van der Waals surface area contributed by atoms with Gasteiger partial charge in [0.05, 0.1) is 30.2 Å². The van der Waals surface area contributed by atoms with Gasteiger partial charge in [-0.15, -0.1) is 11.8 Å². The van der Waals surface area contributed by atoms with Crippen LogP contribution in [0.3, 0.4) is 0 Å². The second-order valence-electron chi connectivity index (χ2n) is 11.3. The topological polar surface area (TPSA) is 123 Å². The molecule has 9 heteroatoms. The Labute approximate surface area is 274 Å². The molecule has 1 aliphatic heterocycles. The van der Waals surface area contributed by atoms with E-state index in [1.165, 1.54) is 4.90 Å². The molecule has 3 unspecified atom stereocenters. The van der Waals surface area contributed by atoms with E-state index in [1.54, 1.807) is 23.9 Å². The van der Waals surface area contributed by atoms with Gasteiger partial charge in [0, 0.05) is 41.2 Å². The summed E-state index contributed by atoms with van der Waals surface area (Å²) in [7, 11) is 0. The fraction of sp³-hybridized carbons (Fsp3) is 0.297. The van der Waals surface area contributed by atoms with Gasteiger partial charge in [-0.25, -0.2) is 0 Å². The number of rotatable bonds is 14. The first-order valence-corrected chi connectivity index (χ1v) is 16.7. The number of hydrogen-bond acceptors (Lipinski definition) is 7. The molecule has 8 nitrogen and oxygen atoms in total. The molecule has 4 aromatic rings. The van der Waals surface area contributed by atoms with Crippen molar-refractivity contribution in [2.24, 2.45) is 0 Å². The van der Waals surface area contributed by atoms with Crippen molar-refractivity contribution in [2.75, 3.05) is 22.1 Å². The van der Waals surface area contributed by atoms with Crippen LogP contribution in [0.4, 0.5) is 17.1 Å². The molecule has 1 saturated heterocycles. The van der Waals surface area contributed by atoms with E-state index in [2.05, 4.69) is 22.8 Å². The highest BCUT2D eigenvalue weighted by molar-refractivity contribution is 7.99. The van der Waals surface area contributed by atoms with Gasteiger partial charge < -0.3 is 30.9 Å². The zero-order valence-corrected chi connectivity index (χ0v) is 26.6. The summed E-state index contributed by atoms with van der Waals surface area (Å²) in [5, 5.41) is 15.3. The summed E-state index contributed by atoms with van der Waals surface area (Å²) in [4.78, 5) is 26.2. The van der Waals surface area contributed by atoms with Crippen LogP contribution in [0.15, 0.2) is 108 Å². The van der Waals surface area contributed by atoms with E-state index in [4.69, 9.17) is 15.2 Å². The number of benzene rings is 4. The van der Waals surface area contributed by atoms with Gasteiger partial charge in [0.15, 0.2) is 6.29 Å². The molecule has 1 fully saturated rings. The van der Waals surface area contributed by atoms with Gasteiger partial charge in [0.1, 0.15) is 0 Å². The smallest absolute Gasteiger partial charge is 0.224 e. The van der Waals surface area contributed by atoms with Gasteiger partial charge in [-0.1, -0.05) is 73.2 Å². The van der Waals surface area contributed by atoms with Gasteiger partial charge in [0.25, 0.3) is 0 Å². The van der Waals surface area contributed by atoms with E-state index in [0.717, 1.165) is 28.9 Å². The van der Waals surface area contributed by atoms with Crippen molar-refractivity contribution in [2.45, 2.75) is 68.5 Å². The molecule has 0 spiro atoms. The van der Waals surface area contributed by atoms with Crippen molar-refractivity contribution in [3.63, 3.8) is 0 Å². The molecule has 3 atom stereocenters. The van der Waals surface area contributed by atoms with Crippen molar-refractivity contribution in [3.8, 4) is 0 Å². The zero-order valence-electron chi connectivity index (χ0n) is 25.8. The molecule has 0 aliphatic carbocycles. The number of nitrogen functional groups attached to an aromatic ring is 1. The number of aliphatic hydroxyl groups is 1. The first-order chi connectivity index (χ1) is 22.5. The number of unbranched alkanes of at least 4 members (excludes halogenated alkanes) is 2. The van der Waals surface area contributed by atoms with Crippen molar-refractivity contribution in [3.05, 3.63) is 120 Å². The van der Waals surface area contributed by atoms with Crippen LogP contribution in [-0.4, -0.2) is 28.8 Å². The minimum Gasteiger partial charge on any atom is -0.397 e. The lowest BCUT2D eigenvalue weighted by Crippen LogP contribution is -2.31. The number of carbonyl (C=O) groups is 2. The SMILES string of the molecule is Nc1ccccc1NC(=O)CCCCCC(=O)Nc1cccc(C2OC(CSc3ccccc3)CC(c3ccc(CO)cc3)O2)c1. The average Bonchev–Trinajstić information content (AvgIpc) is 3.08. The van der Waals surface area contributed by atoms with Crippen LogP contribution in [0.2, 0.25) is 0 Å². The molecule has 1 heterocycles. The van der Waals surface area contributed by atoms with E-state index in [1.807, 2.05) is 78.9 Å². The highest BCUT2D eigenvalue weighted by Crippen LogP contribution is 2.40. The summed E-state index contributed by atoms with van der Waals surface area (Å²) in [6.07, 6.45) is 2.71. The standard InChI is InChI=1S/C37H41N3O5S/c38-32-14-7-8-15-33(32)40-36(43)17-6-2-5-16-35(42)39-29-11-9-10-28(22-29)37-44-30(25-46-31-12-3-1-4-13-31)23-34(45-37)27-20-18-26(24-41)19-21-27/h1,3-4,7-15,18-22,30,34,37,41H,2,5-6,16-17,23-25,38H2,(H,39,42)(H,40,43). The molecule has 2 amide bonds. The summed E-state index contributed by atoms with van der Waals surface area (Å²) in [6, 6.07) is 32.9. The van der Waals surface area contributed by atoms with Crippen LogP contribution in [0.1, 0.15) is 67.6 Å². The van der Waals surface area contributed by atoms with Crippen molar-refractivity contribution in [1.29, 1.82) is 0 Å². The number of hydrogen-bond donors (Lipinski definition) is 4. The largest absolute Gasteiger partial charge is 0.397 e. The van der Waals surface area contributed by atoms with Crippen LogP contribution in [-0.2, 0) is 25.7 Å². The Balaban J connectivity index is 1.14. The molecule has 5 rings (SSSR count). The van der Waals surface area contributed by atoms with Gasteiger partial charge in [-0.05, 0) is 60.4 Å². The van der Waals surface area contributed by atoms with E-state index in [0.29, 0.717) is 49.2 Å². The fourth-order valence-electron chi connectivity index (χ4n) is 5.29. The van der Waals surface area contributed by atoms with Gasteiger partial charge in [-0.3, -0.25) is 9.59 Å². The lowest BCUT2D eigenvalue weighted by molar-refractivity contribution is -0.245. The Morgan fingerprint density at radius 1 is 0.783 bits per heavy atom. The third kappa shape index (κ3) is 9.92. The number of carbonyl (C=O) groups excluding carboxylic acids is 2. The predicted molar refractivity (Wildman–Crippen MR) is 183 cm³/mol. The van der Waals surface area contributed by atoms with Crippen LogP contribution < -0.4 is 16.4 Å². The van der Waals surface area contributed by atoms with Crippen LogP contribution in [0.5, 0.6) is 0 Å². The summed E-state index contributed by atoms with van der Waals surface area (Å²) < 4.78 is 13.0. The monoisotopic (exact) mass is 639 g/mol. The Bertz CT molecular complexity index is 1570. The minimum absolute atomic E-state index is 0.00572. The predicted octanol–water partition coefficient (Wildman–Crippen LogP) is 7.63. The summed E-state index contributed by atoms with van der Waals surface area (Å²) in [5.74, 6) is 0.604. The zero-order chi connectivity index (χ0) is 32.1. The first kappa shape index (κ1) is 33.2. The van der Waals surface area contributed by atoms with E-state index in [-0.39, 0.29) is 30.6 Å². The molecule has 0 saturated carbocycles. The molecule has 46 heavy (non-hydrogen) atoms. The van der Waals surface area contributed by atoms with E-state index in [9.17, 15) is 14.7 Å².